The predicted octanol–water partition coefficient (Wildman–Crippen LogP) is 4.18. The Morgan fingerprint density at radius 2 is 1.41 bits per heavy atom. The highest BCUT2D eigenvalue weighted by Crippen LogP contribution is 2.49. The fourth-order valence-corrected chi connectivity index (χ4v) is 3.72. The maximum atomic E-state index is 2.75. The van der Waals surface area contributed by atoms with Gasteiger partial charge in [0.05, 0.1) is 0 Å². The molecule has 1 heteroatoms. The molecule has 2 aliphatic rings. The van der Waals surface area contributed by atoms with Crippen LogP contribution < -0.4 is 0 Å². The van der Waals surface area contributed by atoms with Crippen molar-refractivity contribution < 1.29 is 0 Å². The van der Waals surface area contributed by atoms with Gasteiger partial charge in [-0.05, 0) is 56.3 Å². The van der Waals surface area contributed by atoms with E-state index in [9.17, 15) is 0 Å². The predicted molar refractivity (Wildman–Crippen MR) is 75.1 cm³/mol. The van der Waals surface area contributed by atoms with Crippen molar-refractivity contribution in [2.45, 2.75) is 66.3 Å². The van der Waals surface area contributed by atoms with Gasteiger partial charge in [-0.1, -0.05) is 27.7 Å². The van der Waals surface area contributed by atoms with Crippen LogP contribution in [0.3, 0.4) is 0 Å². The van der Waals surface area contributed by atoms with E-state index >= 15 is 0 Å². The highest BCUT2D eigenvalue weighted by Gasteiger charge is 2.46. The summed E-state index contributed by atoms with van der Waals surface area (Å²) >= 11 is 0. The maximum absolute atomic E-state index is 2.75. The average Bonchev–Trinajstić information content (AvgIpc) is 2.72. The molecule has 1 nitrogen and oxygen atoms in total. The quantitative estimate of drug-likeness (QED) is 0.696. The Hall–Kier alpha value is -0.0400. The number of hydrogen-bond acceptors (Lipinski definition) is 1. The first-order valence-corrected chi connectivity index (χ1v) is 7.49. The highest BCUT2D eigenvalue weighted by molar-refractivity contribution is 4.98. The zero-order valence-electron chi connectivity index (χ0n) is 12.7. The molecule has 1 saturated carbocycles. The largest absolute Gasteiger partial charge is 0.298 e. The van der Waals surface area contributed by atoms with Crippen LogP contribution in [0.25, 0.3) is 0 Å². The van der Waals surface area contributed by atoms with Crippen LogP contribution in [0.1, 0.15) is 60.8 Å². The molecule has 0 spiro atoms. The molecule has 2 unspecified atom stereocenters. The third-order valence-electron chi connectivity index (χ3n) is 5.70. The van der Waals surface area contributed by atoms with Crippen LogP contribution in [-0.2, 0) is 0 Å². The lowest BCUT2D eigenvalue weighted by Crippen LogP contribution is -2.42. The Morgan fingerprint density at radius 3 is 1.76 bits per heavy atom. The van der Waals surface area contributed by atoms with Gasteiger partial charge in [-0.15, -0.1) is 0 Å². The molecule has 0 aromatic rings. The third kappa shape index (κ3) is 2.54. The third-order valence-corrected chi connectivity index (χ3v) is 5.70. The van der Waals surface area contributed by atoms with Crippen LogP contribution in [0.4, 0.5) is 0 Å². The zero-order valence-corrected chi connectivity index (χ0v) is 12.7. The molecule has 0 amide bonds. The summed E-state index contributed by atoms with van der Waals surface area (Å²) in [7, 11) is 0. The summed E-state index contributed by atoms with van der Waals surface area (Å²) in [5, 5.41) is 0. The van der Waals surface area contributed by atoms with E-state index in [4.69, 9.17) is 0 Å². The van der Waals surface area contributed by atoms with Crippen LogP contribution in [-0.4, -0.2) is 23.5 Å². The van der Waals surface area contributed by atoms with Gasteiger partial charge in [0.2, 0.25) is 0 Å². The summed E-state index contributed by atoms with van der Waals surface area (Å²) in [5.74, 6) is 2.94. The van der Waals surface area contributed by atoms with E-state index in [1.165, 1.54) is 32.4 Å². The minimum Gasteiger partial charge on any atom is -0.298 e. The molecule has 2 atom stereocenters. The molecule has 0 N–H and O–H groups in total. The lowest BCUT2D eigenvalue weighted by Gasteiger charge is -2.36. The van der Waals surface area contributed by atoms with Crippen LogP contribution in [0.15, 0.2) is 0 Å². The highest BCUT2D eigenvalue weighted by atomic mass is 15.2. The fourth-order valence-electron chi connectivity index (χ4n) is 3.72. The summed E-state index contributed by atoms with van der Waals surface area (Å²) < 4.78 is 0. The summed E-state index contributed by atoms with van der Waals surface area (Å²) in [5.41, 5.74) is 0.941. The Labute approximate surface area is 108 Å². The molecule has 0 radical (unpaired) electrons. The second-order valence-electron chi connectivity index (χ2n) is 8.13. The molecule has 17 heavy (non-hydrogen) atoms. The minimum absolute atomic E-state index is 0.418. The van der Waals surface area contributed by atoms with E-state index < -0.39 is 0 Å². The SMILES string of the molecule is CCC(C)(C)N1CC2CC(C(C)(C)C)CC2C1. The molecule has 0 bridgehead atoms. The van der Waals surface area contributed by atoms with Crippen molar-refractivity contribution in [3.63, 3.8) is 0 Å². The van der Waals surface area contributed by atoms with Crippen LogP contribution in [0.5, 0.6) is 0 Å². The first kappa shape index (κ1) is 13.4. The van der Waals surface area contributed by atoms with Crippen molar-refractivity contribution in [1.29, 1.82) is 0 Å². The second kappa shape index (κ2) is 4.26. The molecular formula is C16H31N. The summed E-state index contributed by atoms with van der Waals surface area (Å²) in [4.78, 5) is 2.75. The van der Waals surface area contributed by atoms with Crippen LogP contribution in [0, 0.1) is 23.2 Å². The van der Waals surface area contributed by atoms with Crippen LogP contribution >= 0.6 is 0 Å². The lowest BCUT2D eigenvalue weighted by atomic mass is 9.79. The summed E-state index contributed by atoms with van der Waals surface area (Å²) in [6, 6.07) is 0. The summed E-state index contributed by atoms with van der Waals surface area (Å²) in [6.07, 6.45) is 4.23. The normalized spacial score (nSPS) is 35.3. The van der Waals surface area contributed by atoms with Crippen molar-refractivity contribution in [2.75, 3.05) is 13.1 Å². The van der Waals surface area contributed by atoms with Gasteiger partial charge >= 0.3 is 0 Å². The van der Waals surface area contributed by atoms with Gasteiger partial charge in [-0.2, -0.15) is 0 Å². The van der Waals surface area contributed by atoms with E-state index in [0.717, 1.165) is 17.8 Å². The molecule has 1 heterocycles. The molecule has 1 aliphatic carbocycles. The van der Waals surface area contributed by atoms with Crippen molar-refractivity contribution in [3.05, 3.63) is 0 Å². The van der Waals surface area contributed by atoms with E-state index in [-0.39, 0.29) is 0 Å². The Balaban J connectivity index is 1.96. The van der Waals surface area contributed by atoms with Crippen molar-refractivity contribution >= 4 is 0 Å². The first-order valence-electron chi connectivity index (χ1n) is 7.49. The molecule has 1 saturated heterocycles. The number of rotatable bonds is 2. The molecular weight excluding hydrogens is 206 g/mol. The van der Waals surface area contributed by atoms with Gasteiger partial charge in [0.25, 0.3) is 0 Å². The van der Waals surface area contributed by atoms with Gasteiger partial charge < -0.3 is 0 Å². The number of nitrogens with zero attached hydrogens (tertiary/aromatic N) is 1. The molecule has 2 rings (SSSR count). The molecule has 100 valence electrons. The van der Waals surface area contributed by atoms with Gasteiger partial charge in [0.1, 0.15) is 0 Å². The Kier molecular flexibility index (Phi) is 3.36. The molecule has 0 aromatic carbocycles. The molecule has 2 fully saturated rings. The number of hydrogen-bond donors (Lipinski definition) is 0. The smallest absolute Gasteiger partial charge is 0.0150 e. The van der Waals surface area contributed by atoms with E-state index in [0.29, 0.717) is 11.0 Å². The van der Waals surface area contributed by atoms with Crippen molar-refractivity contribution in [1.82, 2.24) is 4.90 Å². The average molecular weight is 237 g/mol. The lowest BCUT2D eigenvalue weighted by molar-refractivity contribution is 0.125. The first-order chi connectivity index (χ1) is 7.74. The summed E-state index contributed by atoms with van der Waals surface area (Å²) in [6.45, 7) is 17.1. The van der Waals surface area contributed by atoms with E-state index in [1.54, 1.807) is 0 Å². The standard InChI is InChI=1S/C16H31N/c1-7-16(5,6)17-10-12-8-14(15(2,3)4)9-13(12)11-17/h12-14H,7-11H2,1-6H3. The topological polar surface area (TPSA) is 3.24 Å². The van der Waals surface area contributed by atoms with Gasteiger partial charge in [0.15, 0.2) is 0 Å². The van der Waals surface area contributed by atoms with Gasteiger partial charge in [-0.3, -0.25) is 4.90 Å². The number of likely N-dealkylation sites (tertiary alicyclic amines) is 1. The Morgan fingerprint density at radius 1 is 0.941 bits per heavy atom. The zero-order chi connectivity index (χ0) is 12.8. The molecule has 1 aliphatic heterocycles. The van der Waals surface area contributed by atoms with Crippen molar-refractivity contribution in [2.24, 2.45) is 23.2 Å². The monoisotopic (exact) mass is 237 g/mol. The molecule has 0 aromatic heterocycles. The van der Waals surface area contributed by atoms with E-state index in [1.807, 2.05) is 0 Å². The number of fused-ring (bicyclic) bond motifs is 1. The Bertz CT molecular complexity index is 260. The van der Waals surface area contributed by atoms with Gasteiger partial charge in [-0.25, -0.2) is 0 Å². The fraction of sp³-hybridized carbons (Fsp3) is 1.00. The minimum atomic E-state index is 0.418. The van der Waals surface area contributed by atoms with Gasteiger partial charge in [0, 0.05) is 18.6 Å². The maximum Gasteiger partial charge on any atom is 0.0150 e. The van der Waals surface area contributed by atoms with Crippen LogP contribution in [0.2, 0.25) is 0 Å². The van der Waals surface area contributed by atoms with Crippen molar-refractivity contribution in [3.8, 4) is 0 Å². The second-order valence-corrected chi connectivity index (χ2v) is 8.13. The van der Waals surface area contributed by atoms with E-state index in [2.05, 4.69) is 46.4 Å².